The van der Waals surface area contributed by atoms with Crippen LogP contribution in [0, 0.1) is 0 Å². The fourth-order valence-electron chi connectivity index (χ4n) is 3.97. The summed E-state index contributed by atoms with van der Waals surface area (Å²) in [6.07, 6.45) is 2.38. The summed E-state index contributed by atoms with van der Waals surface area (Å²) in [5.74, 6) is 2.26. The first-order valence-electron chi connectivity index (χ1n) is 12.4. The summed E-state index contributed by atoms with van der Waals surface area (Å²) in [7, 11) is 0. The number of hydrogen-bond donors (Lipinski definition) is 2. The van der Waals surface area contributed by atoms with Crippen molar-refractivity contribution in [2.75, 3.05) is 49.2 Å². The molecule has 5 rings (SSSR count). The Labute approximate surface area is 230 Å². The molecule has 2 N–H and O–H groups in total. The van der Waals surface area contributed by atoms with E-state index in [1.807, 2.05) is 47.5 Å². The molecule has 1 aliphatic heterocycles. The van der Waals surface area contributed by atoms with E-state index < -0.39 is 0 Å². The van der Waals surface area contributed by atoms with Gasteiger partial charge in [0.05, 0.1) is 18.7 Å². The van der Waals surface area contributed by atoms with Crippen molar-refractivity contribution in [2.45, 2.75) is 11.3 Å². The van der Waals surface area contributed by atoms with Crippen LogP contribution < -0.4 is 15.4 Å². The normalized spacial score (nSPS) is 13.8. The summed E-state index contributed by atoms with van der Waals surface area (Å²) in [5.41, 5.74) is 2.31. The lowest BCUT2D eigenvalue weighted by molar-refractivity contribution is -0.111. The van der Waals surface area contributed by atoms with E-state index in [9.17, 15) is 4.79 Å². The minimum Gasteiger partial charge on any atom is -0.437 e. The molecule has 0 unspecified atom stereocenters. The molecule has 1 aliphatic rings. The van der Waals surface area contributed by atoms with Gasteiger partial charge in [0.2, 0.25) is 17.7 Å². The molecule has 38 heavy (non-hydrogen) atoms. The van der Waals surface area contributed by atoms with Crippen LogP contribution in [0.1, 0.15) is 6.42 Å². The highest BCUT2D eigenvalue weighted by molar-refractivity contribution is 7.99. The molecule has 1 fully saturated rings. The van der Waals surface area contributed by atoms with E-state index in [-0.39, 0.29) is 5.91 Å². The quantitative estimate of drug-likeness (QED) is 0.131. The van der Waals surface area contributed by atoms with Gasteiger partial charge in [0.25, 0.3) is 0 Å². The number of rotatable bonds is 11. The number of aromatic nitrogens is 2. The van der Waals surface area contributed by atoms with Crippen molar-refractivity contribution in [3.63, 3.8) is 0 Å². The first-order chi connectivity index (χ1) is 18.7. The van der Waals surface area contributed by atoms with Gasteiger partial charge in [-0.2, -0.15) is 4.98 Å². The van der Waals surface area contributed by atoms with Gasteiger partial charge in [0, 0.05) is 35.4 Å². The van der Waals surface area contributed by atoms with Crippen LogP contribution in [-0.4, -0.2) is 59.4 Å². The van der Waals surface area contributed by atoms with Crippen molar-refractivity contribution in [2.24, 2.45) is 0 Å². The second-order valence-electron chi connectivity index (χ2n) is 8.62. The Balaban J connectivity index is 1.22. The molecule has 196 valence electrons. The minimum absolute atomic E-state index is 0.284. The number of hydrogen-bond acceptors (Lipinski definition) is 9. The standard InChI is InChI=1S/C28H29N5O3S2/c1-2-25(34)29-21-5-3-6-22(19-21)36-27-26-24(11-18-38-26)31-28(32-27)30-20-7-9-23(10-8-20)37-17-4-12-33-13-15-35-16-14-33/h2-3,5-11,18-19H,1,4,12-17H2,(H,29,34)(H,30,31,32). The summed E-state index contributed by atoms with van der Waals surface area (Å²) < 4.78 is 12.4. The second kappa shape index (κ2) is 12.9. The Morgan fingerprint density at radius 3 is 2.79 bits per heavy atom. The number of fused-ring (bicyclic) bond motifs is 1. The molecule has 0 aliphatic carbocycles. The van der Waals surface area contributed by atoms with E-state index in [2.05, 4.69) is 44.2 Å². The zero-order valence-electron chi connectivity index (χ0n) is 20.9. The molecule has 0 saturated carbocycles. The summed E-state index contributed by atoms with van der Waals surface area (Å²) in [4.78, 5) is 24.6. The van der Waals surface area contributed by atoms with E-state index in [1.165, 1.54) is 22.3 Å². The highest BCUT2D eigenvalue weighted by Crippen LogP contribution is 2.34. The van der Waals surface area contributed by atoms with Crippen molar-refractivity contribution >= 4 is 56.5 Å². The third-order valence-corrected chi connectivity index (χ3v) is 7.87. The van der Waals surface area contributed by atoms with E-state index in [4.69, 9.17) is 9.47 Å². The van der Waals surface area contributed by atoms with Gasteiger partial charge in [0.15, 0.2) is 0 Å². The molecular weight excluding hydrogens is 518 g/mol. The number of morpholine rings is 1. The molecule has 3 heterocycles. The van der Waals surface area contributed by atoms with Gasteiger partial charge in [-0.1, -0.05) is 12.6 Å². The lowest BCUT2D eigenvalue weighted by atomic mass is 10.3. The van der Waals surface area contributed by atoms with Crippen LogP contribution in [0.4, 0.5) is 17.3 Å². The second-order valence-corrected chi connectivity index (χ2v) is 10.7. The maximum atomic E-state index is 11.7. The maximum Gasteiger partial charge on any atom is 0.247 e. The Kier molecular flexibility index (Phi) is 8.87. The number of amides is 1. The highest BCUT2D eigenvalue weighted by atomic mass is 32.2. The van der Waals surface area contributed by atoms with Gasteiger partial charge in [-0.25, -0.2) is 4.98 Å². The molecule has 2 aromatic carbocycles. The zero-order chi connectivity index (χ0) is 26.2. The Morgan fingerprint density at radius 1 is 1.13 bits per heavy atom. The third kappa shape index (κ3) is 7.11. The van der Waals surface area contributed by atoms with Crippen molar-refractivity contribution in [1.29, 1.82) is 0 Å². The van der Waals surface area contributed by atoms with Crippen LogP contribution in [0.2, 0.25) is 0 Å². The Morgan fingerprint density at radius 2 is 1.97 bits per heavy atom. The third-order valence-electron chi connectivity index (χ3n) is 5.88. The molecule has 10 heteroatoms. The molecule has 0 spiro atoms. The number of nitrogens with zero attached hydrogens (tertiary/aromatic N) is 3. The van der Waals surface area contributed by atoms with Gasteiger partial charge in [-0.05, 0) is 72.6 Å². The summed E-state index contributed by atoms with van der Waals surface area (Å²) >= 11 is 3.38. The summed E-state index contributed by atoms with van der Waals surface area (Å²) in [5, 5.41) is 8.00. The lowest BCUT2D eigenvalue weighted by Gasteiger charge is -2.26. The molecule has 1 amide bonds. The van der Waals surface area contributed by atoms with Crippen LogP contribution in [0.25, 0.3) is 10.2 Å². The van der Waals surface area contributed by atoms with Crippen LogP contribution in [0.15, 0.2) is 77.5 Å². The first-order valence-corrected chi connectivity index (χ1v) is 14.3. The van der Waals surface area contributed by atoms with Crippen molar-refractivity contribution in [3.8, 4) is 11.6 Å². The van der Waals surface area contributed by atoms with Crippen LogP contribution >= 0.6 is 23.1 Å². The zero-order valence-corrected chi connectivity index (χ0v) is 22.5. The average molecular weight is 548 g/mol. The monoisotopic (exact) mass is 547 g/mol. The number of thioether (sulfide) groups is 1. The number of benzene rings is 2. The van der Waals surface area contributed by atoms with Crippen molar-refractivity contribution < 1.29 is 14.3 Å². The molecule has 2 aromatic heterocycles. The van der Waals surface area contributed by atoms with E-state index in [1.54, 1.807) is 12.1 Å². The van der Waals surface area contributed by atoms with Gasteiger partial charge >= 0.3 is 0 Å². The Hall–Kier alpha value is -3.44. The predicted molar refractivity (Wildman–Crippen MR) is 155 cm³/mol. The average Bonchev–Trinajstić information content (AvgIpc) is 3.42. The topological polar surface area (TPSA) is 88.6 Å². The molecule has 0 atom stereocenters. The van der Waals surface area contributed by atoms with Gasteiger partial charge < -0.3 is 20.1 Å². The van der Waals surface area contributed by atoms with Crippen LogP contribution in [0.5, 0.6) is 11.6 Å². The van der Waals surface area contributed by atoms with Gasteiger partial charge in [0.1, 0.15) is 10.4 Å². The molecule has 0 radical (unpaired) electrons. The van der Waals surface area contributed by atoms with E-state index in [0.29, 0.717) is 23.3 Å². The van der Waals surface area contributed by atoms with Gasteiger partial charge in [-0.15, -0.1) is 23.1 Å². The summed E-state index contributed by atoms with van der Waals surface area (Å²) in [6.45, 7) is 8.38. The highest BCUT2D eigenvalue weighted by Gasteiger charge is 2.13. The SMILES string of the molecule is C=CC(=O)Nc1cccc(Oc2nc(Nc3ccc(SCCCN4CCOCC4)cc3)nc3ccsc23)c1. The number of nitrogens with one attached hydrogen (secondary N) is 2. The van der Waals surface area contributed by atoms with Gasteiger partial charge in [-0.3, -0.25) is 9.69 Å². The number of carbonyl (C=O) groups excluding carboxylic acids is 1. The number of anilines is 3. The summed E-state index contributed by atoms with van der Waals surface area (Å²) in [6, 6.07) is 17.4. The lowest BCUT2D eigenvalue weighted by Crippen LogP contribution is -2.36. The fourth-order valence-corrected chi connectivity index (χ4v) is 5.56. The fraction of sp³-hybridized carbons (Fsp3) is 0.250. The molecule has 4 aromatic rings. The minimum atomic E-state index is -0.284. The van der Waals surface area contributed by atoms with Crippen LogP contribution in [0.3, 0.4) is 0 Å². The first kappa shape index (κ1) is 26.2. The van der Waals surface area contributed by atoms with Crippen molar-refractivity contribution in [3.05, 3.63) is 72.6 Å². The number of ether oxygens (including phenoxy) is 2. The maximum absolute atomic E-state index is 11.7. The molecule has 1 saturated heterocycles. The number of carbonyl (C=O) groups is 1. The Bertz CT molecular complexity index is 1390. The van der Waals surface area contributed by atoms with Crippen molar-refractivity contribution in [1.82, 2.24) is 14.9 Å². The largest absolute Gasteiger partial charge is 0.437 e. The van der Waals surface area contributed by atoms with E-state index in [0.717, 1.165) is 60.9 Å². The van der Waals surface area contributed by atoms with Crippen LogP contribution in [-0.2, 0) is 9.53 Å². The number of thiophene rings is 1. The van der Waals surface area contributed by atoms with E-state index >= 15 is 0 Å². The smallest absolute Gasteiger partial charge is 0.247 e. The predicted octanol–water partition coefficient (Wildman–Crippen LogP) is 6.17. The molecule has 8 nitrogen and oxygen atoms in total. The molecule has 0 bridgehead atoms. The molecular formula is C28H29N5O3S2.